The van der Waals surface area contributed by atoms with Crippen LogP contribution in [-0.4, -0.2) is 39.4 Å². The number of hydrogen-bond acceptors (Lipinski definition) is 5. The van der Waals surface area contributed by atoms with Gasteiger partial charge >= 0.3 is 5.97 Å². The van der Waals surface area contributed by atoms with E-state index >= 15 is 0 Å². The van der Waals surface area contributed by atoms with Crippen LogP contribution in [0.3, 0.4) is 0 Å². The summed E-state index contributed by atoms with van der Waals surface area (Å²) in [6.07, 6.45) is 3.74. The van der Waals surface area contributed by atoms with Crippen molar-refractivity contribution < 1.29 is 23.7 Å². The van der Waals surface area contributed by atoms with Gasteiger partial charge in [-0.05, 0) is 12.2 Å². The third-order valence-electron chi connectivity index (χ3n) is 2.31. The molecule has 2 atom stereocenters. The fourth-order valence-corrected chi connectivity index (χ4v) is 1.37. The number of rotatable bonds is 5. The number of hydrogen-bond donors (Lipinski definition) is 0. The quantitative estimate of drug-likeness (QED) is 0.503. The van der Waals surface area contributed by atoms with Gasteiger partial charge in [0.25, 0.3) is 0 Å². The summed E-state index contributed by atoms with van der Waals surface area (Å²) < 4.78 is 20.3. The third kappa shape index (κ3) is 3.02. The summed E-state index contributed by atoms with van der Waals surface area (Å²) in [5.74, 6) is -1.15. The van der Waals surface area contributed by atoms with Crippen LogP contribution >= 0.6 is 0 Å². The monoisotopic (exact) mass is 216 g/mol. The molecule has 15 heavy (non-hydrogen) atoms. The molecule has 5 nitrogen and oxygen atoms in total. The summed E-state index contributed by atoms with van der Waals surface area (Å²) in [4.78, 5) is 11.0. The molecule has 0 saturated heterocycles. The van der Waals surface area contributed by atoms with E-state index in [1.54, 1.807) is 19.3 Å². The molecule has 0 aliphatic carbocycles. The second kappa shape index (κ2) is 5.25. The van der Waals surface area contributed by atoms with Crippen LogP contribution in [-0.2, 0) is 23.7 Å². The lowest BCUT2D eigenvalue weighted by atomic mass is 10.1. The Morgan fingerprint density at radius 1 is 1.47 bits per heavy atom. The summed E-state index contributed by atoms with van der Waals surface area (Å²) in [7, 11) is 4.42. The molecule has 0 spiro atoms. The highest BCUT2D eigenvalue weighted by molar-refractivity contribution is 5.69. The number of carbonyl (C=O) groups is 1. The molecule has 1 heterocycles. The van der Waals surface area contributed by atoms with Crippen molar-refractivity contribution in [2.75, 3.05) is 21.3 Å². The zero-order valence-electron chi connectivity index (χ0n) is 9.19. The minimum atomic E-state index is -0.866. The molecule has 86 valence electrons. The number of methoxy groups -OCH3 is 3. The van der Waals surface area contributed by atoms with E-state index in [1.165, 1.54) is 14.2 Å². The van der Waals surface area contributed by atoms with Crippen LogP contribution in [0, 0.1) is 0 Å². The molecule has 0 saturated carbocycles. The van der Waals surface area contributed by atoms with Crippen molar-refractivity contribution in [3.05, 3.63) is 12.2 Å². The predicted molar refractivity (Wildman–Crippen MR) is 52.0 cm³/mol. The fourth-order valence-electron chi connectivity index (χ4n) is 1.37. The lowest BCUT2D eigenvalue weighted by Crippen LogP contribution is -2.33. The molecular formula is C10H16O5. The van der Waals surface area contributed by atoms with Crippen molar-refractivity contribution in [1.29, 1.82) is 0 Å². The predicted octanol–water partition coefficient (Wildman–Crippen LogP) is 0.841. The lowest BCUT2D eigenvalue weighted by molar-refractivity contribution is -0.245. The van der Waals surface area contributed by atoms with E-state index < -0.39 is 12.1 Å². The number of carbonyl (C=O) groups excluding carboxylic acids is 1. The molecular weight excluding hydrogens is 200 g/mol. The second-order valence-corrected chi connectivity index (χ2v) is 3.17. The molecule has 5 heteroatoms. The molecule has 0 radical (unpaired) electrons. The van der Waals surface area contributed by atoms with Crippen LogP contribution in [0.15, 0.2) is 12.2 Å². The van der Waals surface area contributed by atoms with Crippen LogP contribution < -0.4 is 0 Å². The topological polar surface area (TPSA) is 54.0 Å². The van der Waals surface area contributed by atoms with Crippen molar-refractivity contribution >= 4 is 5.97 Å². The lowest BCUT2D eigenvalue weighted by Gasteiger charge is -2.26. The molecule has 0 N–H and O–H groups in total. The molecule has 0 amide bonds. The van der Waals surface area contributed by atoms with Crippen molar-refractivity contribution in [2.24, 2.45) is 0 Å². The maximum absolute atomic E-state index is 11.0. The first-order chi connectivity index (χ1) is 7.15. The van der Waals surface area contributed by atoms with Crippen LogP contribution in [0.5, 0.6) is 0 Å². The summed E-state index contributed by atoms with van der Waals surface area (Å²) in [6.45, 7) is 0. The highest BCUT2D eigenvalue weighted by atomic mass is 16.8. The molecule has 1 aliphatic heterocycles. The normalized spacial score (nSPS) is 29.4. The SMILES string of the molecule is COC(=O)CC[C@@]1(OC)C=C[C@H](OC)O1. The zero-order valence-corrected chi connectivity index (χ0v) is 9.19. The van der Waals surface area contributed by atoms with E-state index in [1.807, 2.05) is 0 Å². The van der Waals surface area contributed by atoms with Gasteiger partial charge in [0.05, 0.1) is 13.5 Å². The Bertz CT molecular complexity index is 250. The Balaban J connectivity index is 2.49. The van der Waals surface area contributed by atoms with E-state index in [-0.39, 0.29) is 12.4 Å². The van der Waals surface area contributed by atoms with Gasteiger partial charge in [-0.2, -0.15) is 0 Å². The average molecular weight is 216 g/mol. The van der Waals surface area contributed by atoms with Crippen molar-refractivity contribution in [3.63, 3.8) is 0 Å². The Hall–Kier alpha value is -0.910. The van der Waals surface area contributed by atoms with E-state index in [9.17, 15) is 4.79 Å². The smallest absolute Gasteiger partial charge is 0.305 e. The van der Waals surface area contributed by atoms with Crippen molar-refractivity contribution in [3.8, 4) is 0 Å². The van der Waals surface area contributed by atoms with Gasteiger partial charge in [0.1, 0.15) is 0 Å². The maximum atomic E-state index is 11.0. The van der Waals surface area contributed by atoms with Crippen LogP contribution in [0.2, 0.25) is 0 Å². The van der Waals surface area contributed by atoms with Crippen molar-refractivity contribution in [1.82, 2.24) is 0 Å². The Labute approximate surface area is 88.9 Å². The van der Waals surface area contributed by atoms with E-state index in [0.29, 0.717) is 6.42 Å². The maximum Gasteiger partial charge on any atom is 0.305 e. The van der Waals surface area contributed by atoms with Gasteiger partial charge in [0.15, 0.2) is 12.1 Å². The number of esters is 1. The first-order valence-corrected chi connectivity index (χ1v) is 4.68. The van der Waals surface area contributed by atoms with Gasteiger partial charge in [-0.25, -0.2) is 0 Å². The molecule has 0 aromatic carbocycles. The average Bonchev–Trinajstić information content (AvgIpc) is 2.70. The third-order valence-corrected chi connectivity index (χ3v) is 2.31. The zero-order chi connectivity index (χ0) is 11.3. The number of ether oxygens (including phenoxy) is 4. The highest BCUT2D eigenvalue weighted by Crippen LogP contribution is 2.29. The molecule has 0 unspecified atom stereocenters. The van der Waals surface area contributed by atoms with E-state index in [2.05, 4.69) is 4.74 Å². The van der Waals surface area contributed by atoms with E-state index in [0.717, 1.165) is 0 Å². The van der Waals surface area contributed by atoms with Gasteiger partial charge in [-0.3, -0.25) is 4.79 Å². The Kier molecular flexibility index (Phi) is 4.26. The minimum absolute atomic E-state index is 0.241. The summed E-state index contributed by atoms with van der Waals surface area (Å²) in [5.41, 5.74) is 0. The Morgan fingerprint density at radius 2 is 2.20 bits per heavy atom. The van der Waals surface area contributed by atoms with Gasteiger partial charge in [0, 0.05) is 20.6 Å². The highest BCUT2D eigenvalue weighted by Gasteiger charge is 2.36. The van der Waals surface area contributed by atoms with E-state index in [4.69, 9.17) is 14.2 Å². The van der Waals surface area contributed by atoms with Crippen LogP contribution in [0.25, 0.3) is 0 Å². The molecule has 0 aromatic rings. The minimum Gasteiger partial charge on any atom is -0.469 e. The standard InChI is InChI=1S/C10H16O5/c1-12-8(11)4-6-10(14-3)7-5-9(13-2)15-10/h5,7,9H,4,6H2,1-3H3/t9-,10+/m1/s1. The molecule has 0 bridgehead atoms. The van der Waals surface area contributed by atoms with Gasteiger partial charge in [-0.1, -0.05) is 0 Å². The van der Waals surface area contributed by atoms with Crippen LogP contribution in [0.1, 0.15) is 12.8 Å². The van der Waals surface area contributed by atoms with Gasteiger partial charge < -0.3 is 18.9 Å². The van der Waals surface area contributed by atoms with Crippen LogP contribution in [0.4, 0.5) is 0 Å². The van der Waals surface area contributed by atoms with Gasteiger partial charge in [0.2, 0.25) is 0 Å². The first-order valence-electron chi connectivity index (χ1n) is 4.68. The fraction of sp³-hybridized carbons (Fsp3) is 0.700. The molecule has 1 rings (SSSR count). The summed E-state index contributed by atoms with van der Waals surface area (Å²) >= 11 is 0. The molecule has 0 aromatic heterocycles. The van der Waals surface area contributed by atoms with Crippen molar-refractivity contribution in [2.45, 2.75) is 24.9 Å². The first kappa shape index (κ1) is 12.2. The summed E-state index contributed by atoms with van der Waals surface area (Å²) in [6, 6.07) is 0. The largest absolute Gasteiger partial charge is 0.469 e. The molecule has 1 aliphatic rings. The van der Waals surface area contributed by atoms with Gasteiger partial charge in [-0.15, -0.1) is 0 Å². The molecule has 0 fully saturated rings. The summed E-state index contributed by atoms with van der Waals surface area (Å²) in [5, 5.41) is 0. The Morgan fingerprint density at radius 3 is 2.67 bits per heavy atom. The second-order valence-electron chi connectivity index (χ2n) is 3.17.